The molecule has 84 valence electrons. The summed E-state index contributed by atoms with van der Waals surface area (Å²) in [6, 6.07) is 5.14. The fourth-order valence-corrected chi connectivity index (χ4v) is 1.03. The minimum Gasteiger partial charge on any atom is -0.479 e. The monoisotopic (exact) mass is 221 g/mol. The Morgan fingerprint density at radius 2 is 2.50 bits per heavy atom. The first-order valence-electron chi connectivity index (χ1n) is 4.53. The van der Waals surface area contributed by atoms with Gasteiger partial charge in [-0.25, -0.2) is 9.78 Å². The molecule has 0 aromatic carbocycles. The fourth-order valence-electron chi connectivity index (χ4n) is 1.03. The molecule has 0 spiro atoms. The number of nitriles is 1. The van der Waals surface area contributed by atoms with Gasteiger partial charge in [-0.2, -0.15) is 5.26 Å². The number of rotatable bonds is 5. The summed E-state index contributed by atoms with van der Waals surface area (Å²) in [5, 5.41) is 20.1. The largest absolute Gasteiger partial charge is 0.479 e. The Balaban J connectivity index is 2.54. The Bertz CT molecular complexity index is 397. The van der Waals surface area contributed by atoms with Gasteiger partial charge in [-0.05, 0) is 12.1 Å². The van der Waals surface area contributed by atoms with Crippen LogP contribution in [0.4, 0.5) is 5.82 Å². The number of ether oxygens (including phenoxy) is 1. The number of methoxy groups -OCH3 is 1. The summed E-state index contributed by atoms with van der Waals surface area (Å²) in [6.07, 6.45) is 0.489. The van der Waals surface area contributed by atoms with E-state index in [1.807, 2.05) is 6.07 Å². The molecule has 0 aliphatic carbocycles. The average molecular weight is 221 g/mol. The van der Waals surface area contributed by atoms with Crippen molar-refractivity contribution < 1.29 is 14.6 Å². The summed E-state index contributed by atoms with van der Waals surface area (Å²) in [5.74, 6) is -0.536. The molecule has 1 heterocycles. The van der Waals surface area contributed by atoms with Crippen LogP contribution in [0, 0.1) is 11.3 Å². The van der Waals surface area contributed by atoms with Crippen LogP contribution in [0.2, 0.25) is 0 Å². The summed E-state index contributed by atoms with van der Waals surface area (Å²) in [7, 11) is 1.33. The molecule has 2 N–H and O–H groups in total. The lowest BCUT2D eigenvalue weighted by atomic mass is 10.3. The standard InChI is InChI=1S/C10H11N3O3/c1-16-8(10(14)15)6-13-9-3-2-7(4-11)5-12-9/h2-3,5,8H,6H2,1H3,(H,12,13)(H,14,15). The van der Waals surface area contributed by atoms with E-state index in [2.05, 4.69) is 10.3 Å². The second-order valence-corrected chi connectivity index (χ2v) is 2.99. The van der Waals surface area contributed by atoms with Crippen molar-refractivity contribution in [3.8, 4) is 6.07 Å². The first-order chi connectivity index (χ1) is 7.67. The van der Waals surface area contributed by atoms with Crippen LogP contribution in [-0.2, 0) is 9.53 Å². The molecule has 1 aromatic heterocycles. The third kappa shape index (κ3) is 3.22. The zero-order valence-electron chi connectivity index (χ0n) is 8.67. The third-order valence-electron chi connectivity index (χ3n) is 1.92. The van der Waals surface area contributed by atoms with Crippen molar-refractivity contribution in [1.82, 2.24) is 4.98 Å². The summed E-state index contributed by atoms with van der Waals surface area (Å²) >= 11 is 0. The number of nitrogens with zero attached hydrogens (tertiary/aromatic N) is 2. The minimum absolute atomic E-state index is 0.116. The first-order valence-corrected chi connectivity index (χ1v) is 4.53. The predicted octanol–water partition coefficient (Wildman–Crippen LogP) is 0.465. The number of aromatic nitrogens is 1. The number of pyridine rings is 1. The Labute approximate surface area is 92.5 Å². The van der Waals surface area contributed by atoms with Crippen LogP contribution in [0.15, 0.2) is 18.3 Å². The number of hydrogen-bond acceptors (Lipinski definition) is 5. The van der Waals surface area contributed by atoms with E-state index in [1.165, 1.54) is 13.3 Å². The molecule has 16 heavy (non-hydrogen) atoms. The summed E-state index contributed by atoms with van der Waals surface area (Å²) in [5.41, 5.74) is 0.451. The van der Waals surface area contributed by atoms with Gasteiger partial charge in [-0.1, -0.05) is 0 Å². The highest BCUT2D eigenvalue weighted by molar-refractivity contribution is 5.73. The molecule has 0 aliphatic heterocycles. The van der Waals surface area contributed by atoms with Crippen molar-refractivity contribution in [2.45, 2.75) is 6.10 Å². The van der Waals surface area contributed by atoms with Gasteiger partial charge in [-0.15, -0.1) is 0 Å². The molecule has 0 aliphatic rings. The van der Waals surface area contributed by atoms with Gasteiger partial charge in [0, 0.05) is 13.3 Å². The Morgan fingerprint density at radius 1 is 1.75 bits per heavy atom. The third-order valence-corrected chi connectivity index (χ3v) is 1.92. The normalized spacial score (nSPS) is 11.5. The van der Waals surface area contributed by atoms with Crippen LogP contribution in [0.25, 0.3) is 0 Å². The second kappa shape index (κ2) is 5.68. The van der Waals surface area contributed by atoms with E-state index in [-0.39, 0.29) is 6.54 Å². The molecule has 0 bridgehead atoms. The van der Waals surface area contributed by atoms with E-state index in [1.54, 1.807) is 12.1 Å². The van der Waals surface area contributed by atoms with Gasteiger partial charge >= 0.3 is 5.97 Å². The zero-order chi connectivity index (χ0) is 12.0. The molecule has 0 saturated carbocycles. The highest BCUT2D eigenvalue weighted by Gasteiger charge is 2.15. The number of carbonyl (C=O) groups is 1. The SMILES string of the molecule is COC(CNc1ccc(C#N)cn1)C(=O)O. The number of carboxylic acids is 1. The summed E-state index contributed by atoms with van der Waals surface area (Å²) < 4.78 is 4.74. The van der Waals surface area contributed by atoms with Crippen molar-refractivity contribution in [2.75, 3.05) is 19.0 Å². The molecule has 0 saturated heterocycles. The summed E-state index contributed by atoms with van der Waals surface area (Å²) in [4.78, 5) is 14.6. The predicted molar refractivity (Wildman–Crippen MR) is 55.9 cm³/mol. The summed E-state index contributed by atoms with van der Waals surface area (Å²) in [6.45, 7) is 0.116. The number of carboxylic acid groups (broad SMARTS) is 1. The lowest BCUT2D eigenvalue weighted by molar-refractivity contribution is -0.147. The van der Waals surface area contributed by atoms with E-state index in [0.717, 1.165) is 0 Å². The van der Waals surface area contributed by atoms with Gasteiger partial charge in [0.25, 0.3) is 0 Å². The molecular formula is C10H11N3O3. The van der Waals surface area contributed by atoms with Crippen LogP contribution in [0.5, 0.6) is 0 Å². The smallest absolute Gasteiger partial charge is 0.334 e. The first kappa shape index (κ1) is 11.9. The second-order valence-electron chi connectivity index (χ2n) is 2.99. The number of nitrogens with one attached hydrogen (secondary N) is 1. The highest BCUT2D eigenvalue weighted by atomic mass is 16.5. The topological polar surface area (TPSA) is 95.2 Å². The van der Waals surface area contributed by atoms with Crippen molar-refractivity contribution in [3.63, 3.8) is 0 Å². The van der Waals surface area contributed by atoms with Gasteiger partial charge in [0.15, 0.2) is 6.10 Å². The van der Waals surface area contributed by atoms with Gasteiger partial charge in [0.1, 0.15) is 11.9 Å². The Hall–Kier alpha value is -2.13. The maximum absolute atomic E-state index is 10.6. The molecule has 6 heteroatoms. The van der Waals surface area contributed by atoms with Crippen molar-refractivity contribution in [1.29, 1.82) is 5.26 Å². The number of anilines is 1. The van der Waals surface area contributed by atoms with Gasteiger partial charge < -0.3 is 15.2 Å². The molecule has 1 unspecified atom stereocenters. The molecule has 1 aromatic rings. The molecule has 6 nitrogen and oxygen atoms in total. The Kier molecular flexibility index (Phi) is 4.24. The fraction of sp³-hybridized carbons (Fsp3) is 0.300. The maximum atomic E-state index is 10.6. The lowest BCUT2D eigenvalue weighted by Crippen LogP contribution is -2.30. The minimum atomic E-state index is -1.04. The van der Waals surface area contributed by atoms with Crippen LogP contribution in [0.1, 0.15) is 5.56 Å². The van der Waals surface area contributed by atoms with Crippen molar-refractivity contribution in [2.24, 2.45) is 0 Å². The van der Waals surface area contributed by atoms with E-state index >= 15 is 0 Å². The lowest BCUT2D eigenvalue weighted by Gasteiger charge is -2.11. The maximum Gasteiger partial charge on any atom is 0.334 e. The van der Waals surface area contributed by atoms with Crippen molar-refractivity contribution >= 4 is 11.8 Å². The van der Waals surface area contributed by atoms with Gasteiger partial charge in [0.05, 0.1) is 12.1 Å². The van der Waals surface area contributed by atoms with E-state index in [9.17, 15) is 4.79 Å². The average Bonchev–Trinajstić information content (AvgIpc) is 2.30. The highest BCUT2D eigenvalue weighted by Crippen LogP contribution is 2.04. The van der Waals surface area contributed by atoms with E-state index < -0.39 is 12.1 Å². The molecule has 0 radical (unpaired) electrons. The Morgan fingerprint density at radius 3 is 2.94 bits per heavy atom. The van der Waals surface area contributed by atoms with Crippen LogP contribution in [-0.4, -0.2) is 35.8 Å². The van der Waals surface area contributed by atoms with Crippen molar-refractivity contribution in [3.05, 3.63) is 23.9 Å². The van der Waals surface area contributed by atoms with Gasteiger partial charge in [0.2, 0.25) is 0 Å². The molecule has 1 rings (SSSR count). The van der Waals surface area contributed by atoms with Crippen LogP contribution < -0.4 is 5.32 Å². The molecule has 1 atom stereocenters. The molecule has 0 fully saturated rings. The molecule has 0 amide bonds. The van der Waals surface area contributed by atoms with Gasteiger partial charge in [-0.3, -0.25) is 0 Å². The molecular weight excluding hydrogens is 210 g/mol. The van der Waals surface area contributed by atoms with Crippen LogP contribution >= 0.6 is 0 Å². The number of hydrogen-bond donors (Lipinski definition) is 2. The zero-order valence-corrected chi connectivity index (χ0v) is 8.67. The number of aliphatic carboxylic acids is 1. The van der Waals surface area contributed by atoms with E-state index in [4.69, 9.17) is 15.1 Å². The van der Waals surface area contributed by atoms with E-state index in [0.29, 0.717) is 11.4 Å². The quantitative estimate of drug-likeness (QED) is 0.750. The van der Waals surface area contributed by atoms with Crippen LogP contribution in [0.3, 0.4) is 0 Å².